The Kier molecular flexibility index (Phi) is 3.39. The van der Waals surface area contributed by atoms with Crippen LogP contribution in [0.3, 0.4) is 0 Å². The molecule has 3 aromatic rings. The van der Waals surface area contributed by atoms with Crippen LogP contribution in [0.1, 0.15) is 5.56 Å². The molecule has 0 aliphatic rings. The zero-order chi connectivity index (χ0) is 14.9. The number of nitrogens with one attached hydrogen (secondary N) is 1. The van der Waals surface area contributed by atoms with E-state index in [9.17, 15) is 8.42 Å². The Bertz CT molecular complexity index is 879. The molecular formula is C17H14NO2S. The lowest BCUT2D eigenvalue weighted by molar-refractivity contribution is 0.602. The third-order valence-corrected chi connectivity index (χ3v) is 4.70. The van der Waals surface area contributed by atoms with Gasteiger partial charge < -0.3 is 0 Å². The number of anilines is 1. The summed E-state index contributed by atoms with van der Waals surface area (Å²) < 4.78 is 27.8. The predicted molar refractivity (Wildman–Crippen MR) is 84.8 cm³/mol. The van der Waals surface area contributed by atoms with Crippen molar-refractivity contribution in [1.29, 1.82) is 0 Å². The van der Waals surface area contributed by atoms with Gasteiger partial charge in [0.25, 0.3) is 10.0 Å². The Hall–Kier alpha value is -2.33. The largest absolute Gasteiger partial charge is 0.280 e. The molecule has 0 aliphatic carbocycles. The fourth-order valence-corrected chi connectivity index (χ4v) is 3.46. The second-order valence-electron chi connectivity index (χ2n) is 4.86. The Labute approximate surface area is 124 Å². The maximum absolute atomic E-state index is 12.6. The zero-order valence-electron chi connectivity index (χ0n) is 11.5. The highest BCUT2D eigenvalue weighted by molar-refractivity contribution is 7.93. The standard InChI is InChI=1S/C17H14NO2S/c1-13-9-11-15(12-10-13)18-21(19,20)17-8-4-6-14-5-2-3-7-16(14)17/h2-5,7-12,18H,1H3. The van der Waals surface area contributed by atoms with Gasteiger partial charge in [-0.1, -0.05) is 48.0 Å². The van der Waals surface area contributed by atoms with E-state index in [1.54, 1.807) is 30.3 Å². The lowest BCUT2D eigenvalue weighted by atomic mass is 10.1. The fourth-order valence-electron chi connectivity index (χ4n) is 2.19. The van der Waals surface area contributed by atoms with Gasteiger partial charge in [0.1, 0.15) is 0 Å². The molecule has 0 atom stereocenters. The maximum atomic E-state index is 12.6. The van der Waals surface area contributed by atoms with Crippen LogP contribution in [0.4, 0.5) is 5.69 Å². The molecule has 3 nitrogen and oxygen atoms in total. The normalized spacial score (nSPS) is 11.5. The predicted octanol–water partition coefficient (Wildman–Crippen LogP) is 3.75. The van der Waals surface area contributed by atoms with E-state index in [1.807, 2.05) is 37.3 Å². The van der Waals surface area contributed by atoms with Crippen molar-refractivity contribution in [1.82, 2.24) is 0 Å². The first-order valence-corrected chi connectivity index (χ1v) is 8.03. The van der Waals surface area contributed by atoms with Crippen LogP contribution in [0.5, 0.6) is 0 Å². The molecule has 1 N–H and O–H groups in total. The minimum atomic E-state index is -3.62. The molecule has 0 spiro atoms. The highest BCUT2D eigenvalue weighted by atomic mass is 32.2. The highest BCUT2D eigenvalue weighted by Crippen LogP contribution is 2.24. The molecule has 21 heavy (non-hydrogen) atoms. The first-order chi connectivity index (χ1) is 10.1. The summed E-state index contributed by atoms with van der Waals surface area (Å²) in [5.41, 5.74) is 1.63. The number of hydrogen-bond acceptors (Lipinski definition) is 2. The summed E-state index contributed by atoms with van der Waals surface area (Å²) in [4.78, 5) is 0.262. The van der Waals surface area contributed by atoms with Crippen LogP contribution < -0.4 is 4.72 Å². The summed E-state index contributed by atoms with van der Waals surface area (Å²) in [5, 5.41) is 1.45. The number of rotatable bonds is 3. The van der Waals surface area contributed by atoms with Crippen molar-refractivity contribution in [3.63, 3.8) is 0 Å². The van der Waals surface area contributed by atoms with Crippen LogP contribution in [-0.4, -0.2) is 8.42 Å². The minimum absolute atomic E-state index is 0.262. The van der Waals surface area contributed by atoms with Gasteiger partial charge in [-0.15, -0.1) is 0 Å². The quantitative estimate of drug-likeness (QED) is 0.800. The van der Waals surface area contributed by atoms with E-state index in [2.05, 4.69) is 10.8 Å². The van der Waals surface area contributed by atoms with Crippen LogP contribution >= 0.6 is 0 Å². The SMILES string of the molecule is Cc1ccc(NS(=O)(=O)c2cc[c]c3ccccc23)cc1. The van der Waals surface area contributed by atoms with Crippen molar-refractivity contribution < 1.29 is 8.42 Å². The van der Waals surface area contributed by atoms with E-state index in [4.69, 9.17) is 0 Å². The van der Waals surface area contributed by atoms with Gasteiger partial charge in [-0.25, -0.2) is 8.42 Å². The molecule has 105 valence electrons. The molecule has 1 radical (unpaired) electrons. The van der Waals surface area contributed by atoms with Gasteiger partial charge in [0.2, 0.25) is 0 Å². The maximum Gasteiger partial charge on any atom is 0.262 e. The average Bonchev–Trinajstić information content (AvgIpc) is 2.49. The smallest absolute Gasteiger partial charge is 0.262 e. The molecule has 0 fully saturated rings. The van der Waals surface area contributed by atoms with E-state index in [0.717, 1.165) is 10.9 Å². The molecule has 0 bridgehead atoms. The monoisotopic (exact) mass is 296 g/mol. The third kappa shape index (κ3) is 2.76. The minimum Gasteiger partial charge on any atom is -0.280 e. The highest BCUT2D eigenvalue weighted by Gasteiger charge is 2.17. The van der Waals surface area contributed by atoms with E-state index < -0.39 is 10.0 Å². The van der Waals surface area contributed by atoms with Crippen LogP contribution in [0.25, 0.3) is 10.8 Å². The fraction of sp³-hybridized carbons (Fsp3) is 0.0588. The lowest BCUT2D eigenvalue weighted by Gasteiger charge is -2.10. The molecule has 0 heterocycles. The van der Waals surface area contributed by atoms with Crippen molar-refractivity contribution >= 4 is 26.5 Å². The van der Waals surface area contributed by atoms with Crippen molar-refractivity contribution in [2.45, 2.75) is 11.8 Å². The zero-order valence-corrected chi connectivity index (χ0v) is 12.3. The first kappa shape index (κ1) is 13.6. The second kappa shape index (κ2) is 5.22. The molecule has 3 aromatic carbocycles. The van der Waals surface area contributed by atoms with Crippen LogP contribution in [0, 0.1) is 13.0 Å². The molecule has 0 saturated heterocycles. The van der Waals surface area contributed by atoms with Crippen molar-refractivity contribution in [2.24, 2.45) is 0 Å². The Morgan fingerprint density at radius 3 is 2.43 bits per heavy atom. The van der Waals surface area contributed by atoms with Crippen LogP contribution in [0.2, 0.25) is 0 Å². The molecule has 0 unspecified atom stereocenters. The van der Waals surface area contributed by atoms with E-state index in [0.29, 0.717) is 11.1 Å². The topological polar surface area (TPSA) is 46.2 Å². The molecule has 0 saturated carbocycles. The van der Waals surface area contributed by atoms with Crippen molar-refractivity contribution in [2.75, 3.05) is 4.72 Å². The van der Waals surface area contributed by atoms with Gasteiger partial charge >= 0.3 is 0 Å². The summed E-state index contributed by atoms with van der Waals surface area (Å²) in [6.45, 7) is 1.96. The van der Waals surface area contributed by atoms with E-state index >= 15 is 0 Å². The number of hydrogen-bond donors (Lipinski definition) is 1. The number of benzene rings is 3. The molecular weight excluding hydrogens is 282 g/mol. The van der Waals surface area contributed by atoms with Crippen molar-refractivity contribution in [3.8, 4) is 0 Å². The first-order valence-electron chi connectivity index (χ1n) is 6.55. The Morgan fingerprint density at radius 1 is 0.952 bits per heavy atom. The summed E-state index contributed by atoms with van der Waals surface area (Å²) >= 11 is 0. The Balaban J connectivity index is 2.06. The Morgan fingerprint density at radius 2 is 1.67 bits per heavy atom. The third-order valence-electron chi connectivity index (χ3n) is 3.26. The molecule has 0 aliphatic heterocycles. The average molecular weight is 296 g/mol. The molecule has 0 aromatic heterocycles. The number of fused-ring (bicyclic) bond motifs is 1. The van der Waals surface area contributed by atoms with Gasteiger partial charge in [-0.3, -0.25) is 4.72 Å². The summed E-state index contributed by atoms with van der Waals surface area (Å²) in [5.74, 6) is 0. The van der Waals surface area contributed by atoms with Gasteiger partial charge in [-0.05, 0) is 36.6 Å². The lowest BCUT2D eigenvalue weighted by Crippen LogP contribution is -2.13. The van der Waals surface area contributed by atoms with Crippen molar-refractivity contribution in [3.05, 3.63) is 72.3 Å². The van der Waals surface area contributed by atoms with Gasteiger partial charge in [-0.2, -0.15) is 0 Å². The number of sulfonamides is 1. The van der Waals surface area contributed by atoms with E-state index in [1.165, 1.54) is 0 Å². The van der Waals surface area contributed by atoms with Crippen LogP contribution in [0.15, 0.2) is 65.6 Å². The number of aryl methyl sites for hydroxylation is 1. The summed E-state index contributed by atoms with van der Waals surface area (Å²) in [7, 11) is -3.62. The molecule has 4 heteroatoms. The van der Waals surface area contributed by atoms with Gasteiger partial charge in [0, 0.05) is 11.1 Å². The van der Waals surface area contributed by atoms with Gasteiger partial charge in [0.15, 0.2) is 0 Å². The van der Waals surface area contributed by atoms with E-state index in [-0.39, 0.29) is 4.90 Å². The summed E-state index contributed by atoms with van der Waals surface area (Å²) in [6, 6.07) is 20.8. The molecule has 3 rings (SSSR count). The van der Waals surface area contributed by atoms with Crippen LogP contribution in [-0.2, 0) is 10.0 Å². The molecule has 0 amide bonds. The summed E-state index contributed by atoms with van der Waals surface area (Å²) in [6.07, 6.45) is 0. The van der Waals surface area contributed by atoms with Gasteiger partial charge in [0.05, 0.1) is 4.90 Å². The second-order valence-corrected chi connectivity index (χ2v) is 6.51.